The summed E-state index contributed by atoms with van der Waals surface area (Å²) in [7, 11) is 0. The van der Waals surface area contributed by atoms with Crippen LogP contribution < -0.4 is 11.1 Å². The van der Waals surface area contributed by atoms with Crippen LogP contribution in [-0.2, 0) is 6.42 Å². The molecule has 1 fully saturated rings. The molecule has 0 atom stereocenters. The van der Waals surface area contributed by atoms with Gasteiger partial charge in [0.2, 0.25) is 0 Å². The summed E-state index contributed by atoms with van der Waals surface area (Å²) < 4.78 is 0. The van der Waals surface area contributed by atoms with Crippen LogP contribution >= 0.6 is 12.4 Å². The molecule has 1 aliphatic rings. The first kappa shape index (κ1) is 15.0. The molecule has 0 unspecified atom stereocenters. The molecule has 1 aromatic heterocycles. The van der Waals surface area contributed by atoms with Gasteiger partial charge in [0.15, 0.2) is 0 Å². The third kappa shape index (κ3) is 3.03. The smallest absolute Gasteiger partial charge is 0.272 e. The number of H-pyrrole nitrogens is 1. The Balaban J connectivity index is 0.00000162. The molecule has 1 saturated carbocycles. The SMILES string of the molecule is CCc1cc(C(=O)NC2(CN)CCCC2)n[nH]1.Cl. The van der Waals surface area contributed by atoms with Crippen molar-refractivity contribution in [3.8, 4) is 0 Å². The van der Waals surface area contributed by atoms with E-state index in [1.54, 1.807) is 6.07 Å². The molecule has 0 radical (unpaired) electrons. The third-order valence-corrected chi connectivity index (χ3v) is 3.57. The van der Waals surface area contributed by atoms with Gasteiger partial charge in [-0.25, -0.2) is 0 Å². The first-order chi connectivity index (χ1) is 8.19. The maximum absolute atomic E-state index is 12.0. The zero-order chi connectivity index (χ0) is 12.3. The molecule has 4 N–H and O–H groups in total. The van der Waals surface area contributed by atoms with E-state index in [4.69, 9.17) is 5.73 Å². The van der Waals surface area contributed by atoms with Crippen LogP contribution in [0.3, 0.4) is 0 Å². The molecule has 0 aromatic carbocycles. The van der Waals surface area contributed by atoms with Crippen molar-refractivity contribution < 1.29 is 4.79 Å². The summed E-state index contributed by atoms with van der Waals surface area (Å²) >= 11 is 0. The minimum Gasteiger partial charge on any atom is -0.344 e. The highest BCUT2D eigenvalue weighted by Crippen LogP contribution is 2.28. The van der Waals surface area contributed by atoms with Crippen LogP contribution in [0.4, 0.5) is 0 Å². The number of aryl methyl sites for hydroxylation is 1. The van der Waals surface area contributed by atoms with Gasteiger partial charge in [0.05, 0.1) is 5.54 Å². The molecule has 0 bridgehead atoms. The number of nitrogens with one attached hydrogen (secondary N) is 2. The Morgan fingerprint density at radius 2 is 2.22 bits per heavy atom. The number of halogens is 1. The summed E-state index contributed by atoms with van der Waals surface area (Å²) in [4.78, 5) is 12.0. The standard InChI is InChI=1S/C12H20N4O.ClH/c1-2-9-7-10(16-15-9)11(17)14-12(8-13)5-3-4-6-12;/h7H,2-6,8,13H2,1H3,(H,14,17)(H,15,16);1H. The summed E-state index contributed by atoms with van der Waals surface area (Å²) in [5, 5.41) is 9.92. The van der Waals surface area contributed by atoms with E-state index >= 15 is 0 Å². The molecule has 1 aliphatic carbocycles. The molecule has 5 nitrogen and oxygen atoms in total. The van der Waals surface area contributed by atoms with Crippen LogP contribution in [-0.4, -0.2) is 28.2 Å². The van der Waals surface area contributed by atoms with Gasteiger partial charge >= 0.3 is 0 Å². The van der Waals surface area contributed by atoms with Gasteiger partial charge in [-0.2, -0.15) is 5.10 Å². The lowest BCUT2D eigenvalue weighted by molar-refractivity contribution is 0.0898. The lowest BCUT2D eigenvalue weighted by Gasteiger charge is -2.28. The average Bonchev–Trinajstić information content (AvgIpc) is 2.97. The number of hydrogen-bond acceptors (Lipinski definition) is 3. The van der Waals surface area contributed by atoms with E-state index < -0.39 is 0 Å². The van der Waals surface area contributed by atoms with Gasteiger partial charge in [-0.3, -0.25) is 9.89 Å². The molecule has 6 heteroatoms. The van der Waals surface area contributed by atoms with Crippen molar-refractivity contribution in [2.45, 2.75) is 44.6 Å². The predicted octanol–water partition coefficient (Wildman–Crippen LogP) is 1.40. The second kappa shape index (κ2) is 6.20. The van der Waals surface area contributed by atoms with Gasteiger partial charge in [-0.05, 0) is 25.3 Å². The number of hydrogen-bond donors (Lipinski definition) is 3. The quantitative estimate of drug-likeness (QED) is 0.775. The first-order valence-electron chi connectivity index (χ1n) is 6.26. The number of aromatic nitrogens is 2. The number of rotatable bonds is 4. The van der Waals surface area contributed by atoms with Gasteiger partial charge < -0.3 is 11.1 Å². The van der Waals surface area contributed by atoms with E-state index in [0.717, 1.165) is 37.8 Å². The van der Waals surface area contributed by atoms with Gasteiger partial charge in [0, 0.05) is 12.2 Å². The number of carbonyl (C=O) groups excluding carboxylic acids is 1. The number of amides is 1. The van der Waals surface area contributed by atoms with Crippen molar-refractivity contribution in [2.75, 3.05) is 6.54 Å². The van der Waals surface area contributed by atoms with Crippen molar-refractivity contribution in [3.05, 3.63) is 17.5 Å². The minimum absolute atomic E-state index is 0. The Morgan fingerprint density at radius 3 is 2.72 bits per heavy atom. The van der Waals surface area contributed by atoms with Crippen molar-refractivity contribution in [2.24, 2.45) is 5.73 Å². The lowest BCUT2D eigenvalue weighted by atomic mass is 9.97. The molecule has 0 aliphatic heterocycles. The fourth-order valence-electron chi connectivity index (χ4n) is 2.40. The van der Waals surface area contributed by atoms with Crippen LogP contribution in [0.1, 0.15) is 48.8 Å². The Bertz CT molecular complexity index is 399. The molecule has 102 valence electrons. The van der Waals surface area contributed by atoms with E-state index in [9.17, 15) is 4.79 Å². The zero-order valence-electron chi connectivity index (χ0n) is 10.7. The number of nitrogens with zero attached hydrogens (tertiary/aromatic N) is 1. The summed E-state index contributed by atoms with van der Waals surface area (Å²) in [5.41, 5.74) is 7.01. The normalized spacial score (nSPS) is 17.2. The fourth-order valence-corrected chi connectivity index (χ4v) is 2.40. The summed E-state index contributed by atoms with van der Waals surface area (Å²) in [5.74, 6) is -0.117. The highest BCUT2D eigenvalue weighted by atomic mass is 35.5. The summed E-state index contributed by atoms with van der Waals surface area (Å²) in [6, 6.07) is 1.80. The molecule has 1 heterocycles. The average molecular weight is 273 g/mol. The van der Waals surface area contributed by atoms with Crippen LogP contribution in [0.15, 0.2) is 6.07 Å². The Labute approximate surface area is 113 Å². The van der Waals surface area contributed by atoms with Crippen LogP contribution in [0.2, 0.25) is 0 Å². The highest BCUT2D eigenvalue weighted by molar-refractivity contribution is 5.92. The Hall–Kier alpha value is -1.07. The van der Waals surface area contributed by atoms with Gasteiger partial charge in [0.25, 0.3) is 5.91 Å². The number of nitrogens with two attached hydrogens (primary N) is 1. The number of aromatic amines is 1. The van der Waals surface area contributed by atoms with Gasteiger partial charge in [-0.1, -0.05) is 19.8 Å². The second-order valence-electron chi connectivity index (χ2n) is 4.78. The summed E-state index contributed by atoms with van der Waals surface area (Å²) in [6.07, 6.45) is 5.07. The Morgan fingerprint density at radius 1 is 1.56 bits per heavy atom. The molecule has 2 rings (SSSR count). The van der Waals surface area contributed by atoms with Crippen LogP contribution in [0.5, 0.6) is 0 Å². The van der Waals surface area contributed by atoms with Crippen molar-refractivity contribution in [3.63, 3.8) is 0 Å². The monoisotopic (exact) mass is 272 g/mol. The molecule has 18 heavy (non-hydrogen) atoms. The topological polar surface area (TPSA) is 83.8 Å². The highest BCUT2D eigenvalue weighted by Gasteiger charge is 2.34. The minimum atomic E-state index is -0.206. The molecule has 0 spiro atoms. The van der Waals surface area contributed by atoms with E-state index in [2.05, 4.69) is 15.5 Å². The third-order valence-electron chi connectivity index (χ3n) is 3.57. The van der Waals surface area contributed by atoms with Crippen molar-refractivity contribution in [1.82, 2.24) is 15.5 Å². The number of carbonyl (C=O) groups is 1. The lowest BCUT2D eigenvalue weighted by Crippen LogP contribution is -2.51. The van der Waals surface area contributed by atoms with Crippen molar-refractivity contribution >= 4 is 18.3 Å². The first-order valence-corrected chi connectivity index (χ1v) is 6.26. The van der Waals surface area contributed by atoms with E-state index in [1.165, 1.54) is 0 Å². The van der Waals surface area contributed by atoms with Gasteiger partial charge in [0.1, 0.15) is 5.69 Å². The van der Waals surface area contributed by atoms with E-state index in [1.807, 2.05) is 6.92 Å². The van der Waals surface area contributed by atoms with Gasteiger partial charge in [-0.15, -0.1) is 12.4 Å². The zero-order valence-corrected chi connectivity index (χ0v) is 11.5. The largest absolute Gasteiger partial charge is 0.344 e. The fraction of sp³-hybridized carbons (Fsp3) is 0.667. The van der Waals surface area contributed by atoms with Crippen LogP contribution in [0.25, 0.3) is 0 Å². The molecular weight excluding hydrogens is 252 g/mol. The molecule has 1 aromatic rings. The molecule has 1 amide bonds. The summed E-state index contributed by atoms with van der Waals surface area (Å²) in [6.45, 7) is 2.53. The maximum atomic E-state index is 12.0. The van der Waals surface area contributed by atoms with E-state index in [-0.39, 0.29) is 23.9 Å². The Kier molecular flexibility index (Phi) is 5.16. The van der Waals surface area contributed by atoms with Crippen LogP contribution in [0, 0.1) is 0 Å². The predicted molar refractivity (Wildman–Crippen MR) is 72.9 cm³/mol. The maximum Gasteiger partial charge on any atom is 0.272 e. The van der Waals surface area contributed by atoms with Crippen molar-refractivity contribution in [1.29, 1.82) is 0 Å². The molecular formula is C12H21ClN4O. The molecule has 0 saturated heterocycles. The van der Waals surface area contributed by atoms with E-state index in [0.29, 0.717) is 12.2 Å². The second-order valence-corrected chi connectivity index (χ2v) is 4.78.